The van der Waals surface area contributed by atoms with E-state index in [9.17, 15) is 9.59 Å². The number of nitrogens with two attached hydrogens (primary N) is 1. The van der Waals surface area contributed by atoms with Gasteiger partial charge in [-0.2, -0.15) is 0 Å². The molecule has 0 aromatic heterocycles. The number of primary amides is 1. The van der Waals surface area contributed by atoms with Gasteiger partial charge in [-0.15, -0.1) is 0 Å². The molecule has 1 unspecified atom stereocenters. The van der Waals surface area contributed by atoms with Gasteiger partial charge in [0.05, 0.1) is 13.2 Å². The van der Waals surface area contributed by atoms with Gasteiger partial charge in [-0.05, 0) is 18.8 Å². The molecule has 0 aromatic carbocycles. The highest BCUT2D eigenvalue weighted by molar-refractivity contribution is 5.81. The second kappa shape index (κ2) is 7.78. The summed E-state index contributed by atoms with van der Waals surface area (Å²) in [5.74, 6) is 0.157. The van der Waals surface area contributed by atoms with Crippen molar-refractivity contribution in [1.82, 2.24) is 15.1 Å². The highest BCUT2D eigenvalue weighted by atomic mass is 16.5. The van der Waals surface area contributed by atoms with Crippen LogP contribution in [0.2, 0.25) is 0 Å². The predicted octanol–water partition coefficient (Wildman–Crippen LogP) is 0.00250. The van der Waals surface area contributed by atoms with Gasteiger partial charge >= 0.3 is 6.03 Å². The van der Waals surface area contributed by atoms with E-state index in [1.807, 2.05) is 0 Å². The van der Waals surface area contributed by atoms with Crippen LogP contribution in [0.25, 0.3) is 0 Å². The Balaban J connectivity index is 1.74. The molecule has 0 aromatic rings. The van der Waals surface area contributed by atoms with Crippen molar-refractivity contribution in [2.75, 3.05) is 39.3 Å². The van der Waals surface area contributed by atoms with Gasteiger partial charge in [0.15, 0.2) is 6.10 Å². The van der Waals surface area contributed by atoms with Crippen molar-refractivity contribution in [2.45, 2.75) is 38.8 Å². The molecule has 2 saturated heterocycles. The highest BCUT2D eigenvalue weighted by Gasteiger charge is 2.29. The first-order valence-electron chi connectivity index (χ1n) is 8.14. The lowest BCUT2D eigenvalue weighted by atomic mass is 10.0. The average Bonchev–Trinajstić information content (AvgIpc) is 2.49. The van der Waals surface area contributed by atoms with Crippen LogP contribution in [-0.4, -0.2) is 73.2 Å². The molecule has 22 heavy (non-hydrogen) atoms. The largest absolute Gasteiger partial charge is 0.367 e. The van der Waals surface area contributed by atoms with Crippen LogP contribution >= 0.6 is 0 Å². The van der Waals surface area contributed by atoms with Gasteiger partial charge in [-0.1, -0.05) is 13.8 Å². The van der Waals surface area contributed by atoms with Crippen LogP contribution in [0.3, 0.4) is 0 Å². The fraction of sp³-hybridized carbons (Fsp3) is 0.867. The topological polar surface area (TPSA) is 87.9 Å². The number of urea groups is 1. The Morgan fingerprint density at radius 3 is 2.55 bits per heavy atom. The number of rotatable bonds is 4. The number of morpholine rings is 1. The highest BCUT2D eigenvalue weighted by Crippen LogP contribution is 2.13. The number of carbonyl (C=O) groups is 2. The van der Waals surface area contributed by atoms with E-state index >= 15 is 0 Å². The molecule has 7 heteroatoms. The van der Waals surface area contributed by atoms with Crippen LogP contribution in [-0.2, 0) is 9.53 Å². The van der Waals surface area contributed by atoms with Gasteiger partial charge in [0, 0.05) is 32.2 Å². The molecule has 0 radical (unpaired) electrons. The van der Waals surface area contributed by atoms with Gasteiger partial charge in [-0.3, -0.25) is 4.79 Å². The van der Waals surface area contributed by atoms with Gasteiger partial charge in [-0.25, -0.2) is 4.79 Å². The molecule has 2 aliphatic heterocycles. The molecule has 2 fully saturated rings. The first-order valence-corrected chi connectivity index (χ1v) is 8.14. The zero-order valence-corrected chi connectivity index (χ0v) is 13.6. The SMILES string of the molecule is CC(C)CN1CCC(NC(=O)N2CCOC(C(N)=O)C2)CC1. The fourth-order valence-corrected chi connectivity index (χ4v) is 3.05. The zero-order chi connectivity index (χ0) is 16.1. The summed E-state index contributed by atoms with van der Waals surface area (Å²) in [6, 6.07) is 0.0997. The molecule has 2 heterocycles. The van der Waals surface area contributed by atoms with Crippen LogP contribution in [0.1, 0.15) is 26.7 Å². The number of carbonyl (C=O) groups excluding carboxylic acids is 2. The quantitative estimate of drug-likeness (QED) is 0.765. The maximum Gasteiger partial charge on any atom is 0.317 e. The lowest BCUT2D eigenvalue weighted by molar-refractivity contribution is -0.133. The Hall–Kier alpha value is -1.34. The molecule has 3 amide bonds. The monoisotopic (exact) mass is 312 g/mol. The first kappa shape index (κ1) is 17.0. The van der Waals surface area contributed by atoms with Crippen LogP contribution in [0.4, 0.5) is 4.79 Å². The maximum absolute atomic E-state index is 12.3. The van der Waals surface area contributed by atoms with Crippen LogP contribution in [0.5, 0.6) is 0 Å². The van der Waals surface area contributed by atoms with Crippen molar-refractivity contribution < 1.29 is 14.3 Å². The summed E-state index contributed by atoms with van der Waals surface area (Å²) in [4.78, 5) is 27.5. The van der Waals surface area contributed by atoms with Gasteiger partial charge in [0.2, 0.25) is 5.91 Å². The first-order chi connectivity index (χ1) is 10.5. The number of piperidine rings is 1. The van der Waals surface area contributed by atoms with Gasteiger partial charge in [0.1, 0.15) is 0 Å². The molecule has 0 bridgehead atoms. The molecular formula is C15H28N4O3. The van der Waals surface area contributed by atoms with E-state index in [-0.39, 0.29) is 18.6 Å². The summed E-state index contributed by atoms with van der Waals surface area (Å²) < 4.78 is 5.26. The van der Waals surface area contributed by atoms with Crippen molar-refractivity contribution in [1.29, 1.82) is 0 Å². The van der Waals surface area contributed by atoms with E-state index in [1.165, 1.54) is 0 Å². The van der Waals surface area contributed by atoms with Crippen LogP contribution in [0, 0.1) is 5.92 Å². The number of amides is 3. The van der Waals surface area contributed by atoms with E-state index < -0.39 is 12.0 Å². The smallest absolute Gasteiger partial charge is 0.317 e. The second-order valence-corrected chi connectivity index (χ2v) is 6.63. The number of ether oxygens (including phenoxy) is 1. The molecule has 0 aliphatic carbocycles. The summed E-state index contributed by atoms with van der Waals surface area (Å²) in [5, 5.41) is 3.07. The molecule has 1 atom stereocenters. The Kier molecular flexibility index (Phi) is 6.02. The Labute approximate surface area is 132 Å². The van der Waals surface area contributed by atoms with E-state index in [2.05, 4.69) is 24.1 Å². The van der Waals surface area contributed by atoms with Crippen LogP contribution in [0.15, 0.2) is 0 Å². The minimum absolute atomic E-state index is 0.114. The molecular weight excluding hydrogens is 284 g/mol. The second-order valence-electron chi connectivity index (χ2n) is 6.63. The minimum Gasteiger partial charge on any atom is -0.367 e. The number of hydrogen-bond donors (Lipinski definition) is 2. The summed E-state index contributed by atoms with van der Waals surface area (Å²) in [5.41, 5.74) is 5.24. The average molecular weight is 312 g/mol. The van der Waals surface area contributed by atoms with Crippen molar-refractivity contribution in [3.05, 3.63) is 0 Å². The zero-order valence-electron chi connectivity index (χ0n) is 13.6. The molecule has 7 nitrogen and oxygen atoms in total. The van der Waals surface area contributed by atoms with Crippen molar-refractivity contribution >= 4 is 11.9 Å². The summed E-state index contributed by atoms with van der Waals surface area (Å²) in [6.07, 6.45) is 1.26. The van der Waals surface area contributed by atoms with Crippen LogP contribution < -0.4 is 11.1 Å². The van der Waals surface area contributed by atoms with Crippen molar-refractivity contribution in [2.24, 2.45) is 11.7 Å². The number of nitrogens with one attached hydrogen (secondary N) is 1. The third-order valence-electron chi connectivity index (χ3n) is 4.21. The van der Waals surface area contributed by atoms with Crippen molar-refractivity contribution in [3.8, 4) is 0 Å². The molecule has 2 aliphatic rings. The van der Waals surface area contributed by atoms with Crippen molar-refractivity contribution in [3.63, 3.8) is 0 Å². The normalized spacial score (nSPS) is 24.5. The van der Waals surface area contributed by atoms with Gasteiger partial charge < -0.3 is 25.6 Å². The van der Waals surface area contributed by atoms with E-state index in [1.54, 1.807) is 4.90 Å². The summed E-state index contributed by atoms with van der Waals surface area (Å²) in [7, 11) is 0. The predicted molar refractivity (Wildman–Crippen MR) is 83.3 cm³/mol. The molecule has 3 N–H and O–H groups in total. The summed E-state index contributed by atoms with van der Waals surface area (Å²) in [6.45, 7) is 8.71. The fourth-order valence-electron chi connectivity index (χ4n) is 3.05. The Morgan fingerprint density at radius 1 is 1.27 bits per heavy atom. The van der Waals surface area contributed by atoms with Gasteiger partial charge in [0.25, 0.3) is 0 Å². The molecule has 0 saturated carbocycles. The Morgan fingerprint density at radius 2 is 1.95 bits per heavy atom. The standard InChI is InChI=1S/C15H28N4O3/c1-11(2)9-18-5-3-12(4-6-18)17-15(21)19-7-8-22-13(10-19)14(16)20/h11-13H,3-10H2,1-2H3,(H2,16,20)(H,17,21). The lowest BCUT2D eigenvalue weighted by Gasteiger charge is -2.36. The molecule has 0 spiro atoms. The summed E-state index contributed by atoms with van der Waals surface area (Å²) >= 11 is 0. The number of nitrogens with zero attached hydrogens (tertiary/aromatic N) is 2. The molecule has 2 rings (SSSR count). The maximum atomic E-state index is 12.3. The minimum atomic E-state index is -0.688. The van der Waals surface area contributed by atoms with E-state index in [0.29, 0.717) is 19.1 Å². The third-order valence-corrected chi connectivity index (χ3v) is 4.21. The number of hydrogen-bond acceptors (Lipinski definition) is 4. The number of likely N-dealkylation sites (tertiary alicyclic amines) is 1. The lowest BCUT2D eigenvalue weighted by Crippen LogP contribution is -2.55. The third kappa shape index (κ3) is 4.84. The molecule has 126 valence electrons. The van der Waals surface area contributed by atoms with E-state index in [0.717, 1.165) is 32.5 Å². The van der Waals surface area contributed by atoms with E-state index in [4.69, 9.17) is 10.5 Å². The Bertz CT molecular complexity index is 394.